The van der Waals surface area contributed by atoms with Gasteiger partial charge in [-0.3, -0.25) is 9.69 Å². The quantitative estimate of drug-likeness (QED) is 0.903. The van der Waals surface area contributed by atoms with Crippen LogP contribution in [0, 0.1) is 17.2 Å². The minimum absolute atomic E-state index is 0.0560. The fourth-order valence-electron chi connectivity index (χ4n) is 2.22. The lowest BCUT2D eigenvalue weighted by Crippen LogP contribution is -2.38. The molecule has 0 saturated carbocycles. The third-order valence-corrected chi connectivity index (χ3v) is 3.39. The number of nitrogens with zero attached hydrogens (tertiary/aromatic N) is 2. The Bertz CT molecular complexity index is 602. The minimum Gasteiger partial charge on any atom is -0.510 e. The van der Waals surface area contributed by atoms with Crippen molar-refractivity contribution in [1.29, 1.82) is 5.26 Å². The molecule has 5 heteroatoms. The molecule has 1 N–H and O–H groups in total. The molecule has 1 atom stereocenters. The van der Waals surface area contributed by atoms with Crippen molar-refractivity contribution in [2.24, 2.45) is 5.92 Å². The molecule has 1 amide bonds. The number of rotatable bonds is 2. The summed E-state index contributed by atoms with van der Waals surface area (Å²) < 4.78 is 0. The Morgan fingerprint density at radius 2 is 2.16 bits per heavy atom. The van der Waals surface area contributed by atoms with Crippen molar-refractivity contribution in [2.75, 3.05) is 4.90 Å². The van der Waals surface area contributed by atoms with Crippen LogP contribution in [0.5, 0.6) is 0 Å². The molecule has 1 aromatic carbocycles. The summed E-state index contributed by atoms with van der Waals surface area (Å²) >= 11 is 5.98. The maximum absolute atomic E-state index is 11.9. The summed E-state index contributed by atoms with van der Waals surface area (Å²) in [6.45, 7) is 3.84. The summed E-state index contributed by atoms with van der Waals surface area (Å²) in [4.78, 5) is 13.4. The second-order valence-electron chi connectivity index (χ2n) is 4.74. The van der Waals surface area contributed by atoms with E-state index in [4.69, 9.17) is 16.9 Å². The van der Waals surface area contributed by atoms with Crippen LogP contribution in [-0.4, -0.2) is 17.1 Å². The van der Waals surface area contributed by atoms with Gasteiger partial charge in [0, 0.05) is 11.8 Å². The van der Waals surface area contributed by atoms with E-state index < -0.39 is 6.04 Å². The van der Waals surface area contributed by atoms with Gasteiger partial charge in [-0.05, 0) is 24.1 Å². The summed E-state index contributed by atoms with van der Waals surface area (Å²) in [6.07, 6.45) is 1.22. The van der Waals surface area contributed by atoms with Crippen LogP contribution in [0.25, 0.3) is 0 Å². The highest BCUT2D eigenvalue weighted by Crippen LogP contribution is 2.32. The number of benzene rings is 1. The molecule has 98 valence electrons. The second-order valence-corrected chi connectivity index (χ2v) is 5.15. The Morgan fingerprint density at radius 3 is 2.68 bits per heavy atom. The molecule has 1 aliphatic heterocycles. The number of aliphatic hydroxyl groups is 1. The van der Waals surface area contributed by atoms with Crippen molar-refractivity contribution in [1.82, 2.24) is 0 Å². The highest BCUT2D eigenvalue weighted by Gasteiger charge is 2.36. The maximum Gasteiger partial charge on any atom is 0.255 e. The molecule has 0 bridgehead atoms. The predicted octanol–water partition coefficient (Wildman–Crippen LogP) is 3.02. The number of amides is 1. The van der Waals surface area contributed by atoms with Crippen LogP contribution in [0.3, 0.4) is 0 Å². The van der Waals surface area contributed by atoms with Crippen LogP contribution in [0.2, 0.25) is 5.02 Å². The lowest BCUT2D eigenvalue weighted by atomic mass is 10.0. The van der Waals surface area contributed by atoms with E-state index in [9.17, 15) is 9.90 Å². The fraction of sp³-hybridized carbons (Fsp3) is 0.286. The van der Waals surface area contributed by atoms with Gasteiger partial charge in [0.25, 0.3) is 5.91 Å². The van der Waals surface area contributed by atoms with E-state index in [0.29, 0.717) is 16.3 Å². The second kappa shape index (κ2) is 4.94. The predicted molar refractivity (Wildman–Crippen MR) is 73.0 cm³/mol. The number of halogens is 1. The standard InChI is InChI=1S/C14H13ClN2O2/c1-8(2)14-12(18)6-13(19)17(14)10-4-3-9(7-16)11(15)5-10/h3-6,8,14,18H,1-2H3. The topological polar surface area (TPSA) is 64.3 Å². The number of anilines is 1. The van der Waals surface area contributed by atoms with Crippen LogP contribution in [0.15, 0.2) is 30.0 Å². The van der Waals surface area contributed by atoms with Crippen molar-refractivity contribution < 1.29 is 9.90 Å². The summed E-state index contributed by atoms with van der Waals surface area (Å²) in [6, 6.07) is 6.37. The van der Waals surface area contributed by atoms with Crippen molar-refractivity contribution in [3.63, 3.8) is 0 Å². The third kappa shape index (κ3) is 2.29. The molecule has 19 heavy (non-hydrogen) atoms. The molecule has 0 aliphatic carbocycles. The molecule has 0 aromatic heterocycles. The average Bonchev–Trinajstić information content (AvgIpc) is 2.64. The Balaban J connectivity index is 2.44. The normalized spacial score (nSPS) is 18.7. The number of carbonyl (C=O) groups is 1. The molecular weight excluding hydrogens is 264 g/mol. The average molecular weight is 277 g/mol. The molecule has 1 unspecified atom stereocenters. The van der Waals surface area contributed by atoms with Gasteiger partial charge in [-0.15, -0.1) is 0 Å². The highest BCUT2D eigenvalue weighted by atomic mass is 35.5. The largest absolute Gasteiger partial charge is 0.510 e. The first-order valence-corrected chi connectivity index (χ1v) is 6.27. The smallest absolute Gasteiger partial charge is 0.255 e. The Kier molecular flexibility index (Phi) is 3.50. The summed E-state index contributed by atoms with van der Waals surface area (Å²) in [7, 11) is 0. The molecule has 1 aliphatic rings. The molecule has 0 saturated heterocycles. The van der Waals surface area contributed by atoms with E-state index in [0.717, 1.165) is 0 Å². The van der Waals surface area contributed by atoms with Gasteiger partial charge in [0.15, 0.2) is 0 Å². The SMILES string of the molecule is CC(C)C1C(O)=CC(=O)N1c1ccc(C#N)c(Cl)c1. The van der Waals surface area contributed by atoms with Gasteiger partial charge >= 0.3 is 0 Å². The van der Waals surface area contributed by atoms with Gasteiger partial charge < -0.3 is 5.11 Å². The lowest BCUT2D eigenvalue weighted by Gasteiger charge is -2.28. The molecular formula is C14H13ClN2O2. The van der Waals surface area contributed by atoms with Crippen LogP contribution in [0.4, 0.5) is 5.69 Å². The number of hydrogen-bond donors (Lipinski definition) is 1. The Labute approximate surface area is 116 Å². The maximum atomic E-state index is 11.9. The van der Waals surface area contributed by atoms with Crippen LogP contribution < -0.4 is 4.90 Å². The zero-order valence-electron chi connectivity index (χ0n) is 10.6. The van der Waals surface area contributed by atoms with Crippen molar-refractivity contribution in [3.05, 3.63) is 40.6 Å². The van der Waals surface area contributed by atoms with Crippen molar-refractivity contribution in [3.8, 4) is 6.07 Å². The first-order chi connectivity index (χ1) is 8.95. The molecule has 0 spiro atoms. The van der Waals surface area contributed by atoms with E-state index in [1.54, 1.807) is 18.2 Å². The number of nitriles is 1. The van der Waals surface area contributed by atoms with Crippen molar-refractivity contribution in [2.45, 2.75) is 19.9 Å². The van der Waals surface area contributed by atoms with Gasteiger partial charge in [0.05, 0.1) is 16.6 Å². The van der Waals surface area contributed by atoms with Gasteiger partial charge in [0.1, 0.15) is 11.8 Å². The molecule has 0 radical (unpaired) electrons. The summed E-state index contributed by atoms with van der Waals surface area (Å²) in [5.74, 6) is -0.158. The van der Waals surface area contributed by atoms with E-state index in [-0.39, 0.29) is 17.6 Å². The molecule has 1 aromatic rings. The van der Waals surface area contributed by atoms with E-state index in [1.165, 1.54) is 11.0 Å². The number of hydrogen-bond acceptors (Lipinski definition) is 3. The number of carbonyl (C=O) groups excluding carboxylic acids is 1. The van der Waals surface area contributed by atoms with E-state index in [2.05, 4.69) is 0 Å². The van der Waals surface area contributed by atoms with Crippen LogP contribution >= 0.6 is 11.6 Å². The van der Waals surface area contributed by atoms with Gasteiger partial charge in [-0.2, -0.15) is 5.26 Å². The van der Waals surface area contributed by atoms with E-state index >= 15 is 0 Å². The third-order valence-electron chi connectivity index (χ3n) is 3.07. The molecule has 4 nitrogen and oxygen atoms in total. The van der Waals surface area contributed by atoms with Gasteiger partial charge in [-0.1, -0.05) is 25.4 Å². The zero-order chi connectivity index (χ0) is 14.2. The van der Waals surface area contributed by atoms with Crippen molar-refractivity contribution >= 4 is 23.2 Å². The minimum atomic E-state index is -0.392. The van der Waals surface area contributed by atoms with Gasteiger partial charge in [-0.25, -0.2) is 0 Å². The Hall–Kier alpha value is -1.99. The van der Waals surface area contributed by atoms with Crippen LogP contribution in [-0.2, 0) is 4.79 Å². The first kappa shape index (κ1) is 13.4. The number of aliphatic hydroxyl groups excluding tert-OH is 1. The molecule has 2 rings (SSSR count). The van der Waals surface area contributed by atoms with E-state index in [1.807, 2.05) is 19.9 Å². The summed E-state index contributed by atoms with van der Waals surface area (Å²) in [5, 5.41) is 19.0. The first-order valence-electron chi connectivity index (χ1n) is 5.89. The monoisotopic (exact) mass is 276 g/mol. The Morgan fingerprint density at radius 1 is 1.47 bits per heavy atom. The fourth-order valence-corrected chi connectivity index (χ4v) is 2.44. The molecule has 1 heterocycles. The zero-order valence-corrected chi connectivity index (χ0v) is 11.3. The highest BCUT2D eigenvalue weighted by molar-refractivity contribution is 6.32. The lowest BCUT2D eigenvalue weighted by molar-refractivity contribution is -0.114. The van der Waals surface area contributed by atoms with Crippen LogP contribution in [0.1, 0.15) is 19.4 Å². The van der Waals surface area contributed by atoms with Gasteiger partial charge in [0.2, 0.25) is 0 Å². The summed E-state index contributed by atoms with van der Waals surface area (Å²) in [5.41, 5.74) is 0.934. The molecule has 0 fully saturated rings.